The molecule has 35 heavy (non-hydrogen) atoms. The smallest absolute Gasteiger partial charge is 0.414 e. The van der Waals surface area contributed by atoms with Crippen molar-refractivity contribution in [3.8, 4) is 0 Å². The van der Waals surface area contributed by atoms with Crippen LogP contribution in [0, 0.1) is 0 Å². The minimum absolute atomic E-state index is 0.0104. The van der Waals surface area contributed by atoms with E-state index >= 15 is 0 Å². The van der Waals surface area contributed by atoms with Gasteiger partial charge in [0.15, 0.2) is 0 Å². The summed E-state index contributed by atoms with van der Waals surface area (Å²) in [5.74, 6) is -3.27. The Balaban J connectivity index is 0.000000509. The zero-order valence-corrected chi connectivity index (χ0v) is 19.6. The van der Waals surface area contributed by atoms with Gasteiger partial charge in [0.25, 0.3) is 0 Å². The zero-order chi connectivity index (χ0) is 25.0. The summed E-state index contributed by atoms with van der Waals surface area (Å²) >= 11 is 0. The number of nitrogens with one attached hydrogen (secondary N) is 1. The molecule has 0 bridgehead atoms. The Labute approximate surface area is 205 Å². The van der Waals surface area contributed by atoms with Crippen molar-refractivity contribution in [1.29, 1.82) is 0 Å². The zero-order valence-electron chi connectivity index (χ0n) is 19.6. The fraction of sp³-hybridized carbons (Fsp3) is 0.370. The number of nitrogens with zero attached hydrogens (tertiary/aromatic N) is 1. The quantitative estimate of drug-likeness (QED) is 0.413. The standard InChI is InChI=1S/C25H30N2O2.C2H2O4/c28-25(26-24-14-8-7-13-23(24)21-11-5-2-6-12-21)29-22-15-17-27(18-16-22)19-20-9-3-1-4-10-20;3-1(4)2(5)6/h1,3-5,7-11,13-14,21-22H,2,6,12,15-19H2,(H,26,28);(H,3,4)(H,5,6). The lowest BCUT2D eigenvalue weighted by Crippen LogP contribution is -2.38. The molecule has 3 N–H and O–H groups in total. The number of allylic oxidation sites excluding steroid dienone is 2. The molecule has 2 aromatic carbocycles. The predicted molar refractivity (Wildman–Crippen MR) is 132 cm³/mol. The first-order valence-electron chi connectivity index (χ1n) is 11.9. The Kier molecular flexibility index (Phi) is 9.86. The maximum absolute atomic E-state index is 12.5. The number of anilines is 1. The highest BCUT2D eigenvalue weighted by Crippen LogP contribution is 2.32. The number of piperidine rings is 1. The summed E-state index contributed by atoms with van der Waals surface area (Å²) in [6, 6.07) is 18.6. The minimum atomic E-state index is -1.82. The van der Waals surface area contributed by atoms with Crippen LogP contribution in [-0.2, 0) is 20.9 Å². The van der Waals surface area contributed by atoms with Crippen molar-refractivity contribution >= 4 is 23.7 Å². The molecule has 1 saturated heterocycles. The van der Waals surface area contributed by atoms with Crippen molar-refractivity contribution in [2.24, 2.45) is 0 Å². The maximum atomic E-state index is 12.5. The Morgan fingerprint density at radius 2 is 1.57 bits per heavy atom. The van der Waals surface area contributed by atoms with E-state index in [0.29, 0.717) is 5.92 Å². The van der Waals surface area contributed by atoms with E-state index in [-0.39, 0.29) is 12.2 Å². The molecule has 0 radical (unpaired) electrons. The molecule has 8 nitrogen and oxygen atoms in total. The summed E-state index contributed by atoms with van der Waals surface area (Å²) < 4.78 is 5.74. The highest BCUT2D eigenvalue weighted by atomic mass is 16.6. The van der Waals surface area contributed by atoms with Crippen LogP contribution in [0.15, 0.2) is 66.7 Å². The first kappa shape index (κ1) is 26.0. The van der Waals surface area contributed by atoms with Gasteiger partial charge in [-0.2, -0.15) is 0 Å². The largest absolute Gasteiger partial charge is 0.473 e. The second-order valence-corrected chi connectivity index (χ2v) is 8.65. The third-order valence-corrected chi connectivity index (χ3v) is 6.09. The SMILES string of the molecule is O=C(Nc1ccccc1C1C=CCCC1)OC1CCN(Cc2ccccc2)CC1.O=C(O)C(=O)O. The van der Waals surface area contributed by atoms with Gasteiger partial charge in [-0.25, -0.2) is 14.4 Å². The van der Waals surface area contributed by atoms with Gasteiger partial charge < -0.3 is 14.9 Å². The van der Waals surface area contributed by atoms with Crippen LogP contribution in [-0.4, -0.2) is 52.3 Å². The number of likely N-dealkylation sites (tertiary alicyclic amines) is 1. The van der Waals surface area contributed by atoms with Gasteiger partial charge in [0.2, 0.25) is 0 Å². The number of carbonyl (C=O) groups is 3. The molecule has 1 fully saturated rings. The lowest BCUT2D eigenvalue weighted by Gasteiger charge is -2.31. The molecule has 2 aliphatic rings. The molecule has 0 saturated carbocycles. The molecule has 1 aliphatic heterocycles. The molecule has 1 amide bonds. The number of ether oxygens (including phenoxy) is 1. The van der Waals surface area contributed by atoms with E-state index in [4.69, 9.17) is 24.5 Å². The van der Waals surface area contributed by atoms with Gasteiger partial charge in [0, 0.05) is 31.2 Å². The van der Waals surface area contributed by atoms with Gasteiger partial charge in [0.1, 0.15) is 6.10 Å². The molecule has 186 valence electrons. The highest BCUT2D eigenvalue weighted by Gasteiger charge is 2.23. The average Bonchev–Trinajstić information content (AvgIpc) is 2.87. The molecule has 0 aromatic heterocycles. The molecule has 1 unspecified atom stereocenters. The van der Waals surface area contributed by atoms with Crippen LogP contribution in [0.25, 0.3) is 0 Å². The van der Waals surface area contributed by atoms with Crippen LogP contribution >= 0.6 is 0 Å². The first-order chi connectivity index (χ1) is 16.9. The highest BCUT2D eigenvalue weighted by molar-refractivity contribution is 6.27. The van der Waals surface area contributed by atoms with Gasteiger partial charge in [-0.15, -0.1) is 0 Å². The summed E-state index contributed by atoms with van der Waals surface area (Å²) in [5.41, 5.74) is 3.38. The van der Waals surface area contributed by atoms with Crippen LogP contribution in [0.5, 0.6) is 0 Å². The van der Waals surface area contributed by atoms with Crippen LogP contribution in [0.2, 0.25) is 0 Å². The topological polar surface area (TPSA) is 116 Å². The predicted octanol–water partition coefficient (Wildman–Crippen LogP) is 4.88. The van der Waals surface area contributed by atoms with Crippen molar-refractivity contribution in [2.75, 3.05) is 18.4 Å². The number of hydrogen-bond acceptors (Lipinski definition) is 5. The number of rotatable bonds is 5. The van der Waals surface area contributed by atoms with Crippen molar-refractivity contribution in [2.45, 2.75) is 50.7 Å². The van der Waals surface area contributed by atoms with Crippen molar-refractivity contribution in [3.05, 3.63) is 77.9 Å². The van der Waals surface area contributed by atoms with Gasteiger partial charge in [-0.3, -0.25) is 10.2 Å². The van der Waals surface area contributed by atoms with Crippen LogP contribution < -0.4 is 5.32 Å². The summed E-state index contributed by atoms with van der Waals surface area (Å²) in [4.78, 5) is 33.2. The number of benzene rings is 2. The Morgan fingerprint density at radius 1 is 0.914 bits per heavy atom. The van der Waals surface area contributed by atoms with Crippen molar-refractivity contribution in [1.82, 2.24) is 4.90 Å². The maximum Gasteiger partial charge on any atom is 0.414 e. The van der Waals surface area contributed by atoms with Gasteiger partial charge in [-0.05, 0) is 49.3 Å². The van der Waals surface area contributed by atoms with Crippen LogP contribution in [0.1, 0.15) is 49.1 Å². The van der Waals surface area contributed by atoms with E-state index in [1.807, 2.05) is 24.3 Å². The lowest BCUT2D eigenvalue weighted by atomic mass is 9.88. The lowest BCUT2D eigenvalue weighted by molar-refractivity contribution is -0.159. The molecule has 1 aliphatic carbocycles. The number of hydrogen-bond donors (Lipinski definition) is 3. The number of carbonyl (C=O) groups excluding carboxylic acids is 1. The van der Waals surface area contributed by atoms with Gasteiger partial charge in [0.05, 0.1) is 0 Å². The summed E-state index contributed by atoms with van der Waals surface area (Å²) in [7, 11) is 0. The van der Waals surface area contributed by atoms with Crippen LogP contribution in [0.4, 0.5) is 10.5 Å². The molecule has 4 rings (SSSR count). The van der Waals surface area contributed by atoms with Gasteiger partial charge in [-0.1, -0.05) is 60.7 Å². The Morgan fingerprint density at radius 3 is 2.20 bits per heavy atom. The van der Waals surface area contributed by atoms with Crippen molar-refractivity contribution < 1.29 is 29.3 Å². The monoisotopic (exact) mass is 480 g/mol. The molecule has 0 spiro atoms. The summed E-state index contributed by atoms with van der Waals surface area (Å²) in [5, 5.41) is 17.8. The van der Waals surface area contributed by atoms with E-state index in [1.54, 1.807) is 0 Å². The number of carboxylic acid groups (broad SMARTS) is 2. The number of carboxylic acids is 2. The molecular formula is C27H32N2O6. The molecule has 2 aromatic rings. The molecular weight excluding hydrogens is 448 g/mol. The van der Waals surface area contributed by atoms with Gasteiger partial charge >= 0.3 is 18.0 Å². The molecule has 1 atom stereocenters. The summed E-state index contributed by atoms with van der Waals surface area (Å²) in [6.45, 7) is 2.87. The Bertz CT molecular complexity index is 1000. The van der Waals surface area contributed by atoms with Crippen LogP contribution in [0.3, 0.4) is 0 Å². The van der Waals surface area contributed by atoms with E-state index in [2.05, 4.69) is 52.7 Å². The third-order valence-electron chi connectivity index (χ3n) is 6.09. The second-order valence-electron chi connectivity index (χ2n) is 8.65. The number of amides is 1. The second kappa shape index (κ2) is 13.3. The number of aliphatic carboxylic acids is 2. The van der Waals surface area contributed by atoms with E-state index in [9.17, 15) is 4.79 Å². The minimum Gasteiger partial charge on any atom is -0.473 e. The fourth-order valence-corrected chi connectivity index (χ4v) is 4.32. The summed E-state index contributed by atoms with van der Waals surface area (Å²) in [6.07, 6.45) is 9.40. The van der Waals surface area contributed by atoms with E-state index < -0.39 is 11.9 Å². The van der Waals surface area contributed by atoms with Crippen molar-refractivity contribution in [3.63, 3.8) is 0 Å². The number of para-hydroxylation sites is 1. The fourth-order valence-electron chi connectivity index (χ4n) is 4.32. The molecule has 8 heteroatoms. The first-order valence-corrected chi connectivity index (χ1v) is 11.9. The third kappa shape index (κ3) is 8.57. The van der Waals surface area contributed by atoms with E-state index in [1.165, 1.54) is 17.5 Å². The normalized spacial score (nSPS) is 18.1. The molecule has 1 heterocycles. The Hall–Kier alpha value is -3.65. The average molecular weight is 481 g/mol. The van der Waals surface area contributed by atoms with E-state index in [0.717, 1.165) is 51.0 Å².